The van der Waals surface area contributed by atoms with E-state index >= 15 is 0 Å². The van der Waals surface area contributed by atoms with E-state index in [9.17, 15) is 13.2 Å². The lowest BCUT2D eigenvalue weighted by molar-refractivity contribution is 0.0695. The van der Waals surface area contributed by atoms with Crippen LogP contribution >= 0.6 is 0 Å². The first kappa shape index (κ1) is 14.1. The molecule has 0 radical (unpaired) electrons. The summed E-state index contributed by atoms with van der Waals surface area (Å²) >= 11 is 0. The Morgan fingerprint density at radius 3 is 2.50 bits per heavy atom. The Kier molecular flexibility index (Phi) is 3.80. The average Bonchev–Trinajstić information content (AvgIpc) is 2.89. The molecule has 2 aromatic rings. The summed E-state index contributed by atoms with van der Waals surface area (Å²) in [6.07, 6.45) is 3.60. The second-order valence-corrected chi connectivity index (χ2v) is 5.82. The van der Waals surface area contributed by atoms with Crippen molar-refractivity contribution in [3.05, 3.63) is 53.9 Å². The molecule has 20 heavy (non-hydrogen) atoms. The quantitative estimate of drug-likeness (QED) is 0.878. The van der Waals surface area contributed by atoms with Gasteiger partial charge in [0.1, 0.15) is 0 Å². The molecule has 7 heteroatoms. The van der Waals surface area contributed by atoms with Crippen LogP contribution in [0.5, 0.6) is 0 Å². The van der Waals surface area contributed by atoms with Crippen LogP contribution in [-0.4, -0.2) is 24.2 Å². The van der Waals surface area contributed by atoms with Crippen LogP contribution < -0.4 is 4.83 Å². The van der Waals surface area contributed by atoms with Crippen molar-refractivity contribution in [3.8, 4) is 0 Å². The molecule has 0 aliphatic carbocycles. The molecule has 0 aliphatic rings. The molecule has 0 atom stereocenters. The van der Waals surface area contributed by atoms with Crippen molar-refractivity contribution in [2.75, 3.05) is 4.83 Å². The molecule has 0 unspecified atom stereocenters. The normalized spacial score (nSPS) is 11.2. The van der Waals surface area contributed by atoms with Gasteiger partial charge < -0.3 is 5.11 Å². The van der Waals surface area contributed by atoms with Crippen molar-refractivity contribution in [2.45, 2.75) is 18.2 Å². The van der Waals surface area contributed by atoms with Crippen LogP contribution in [-0.2, 0) is 16.4 Å². The van der Waals surface area contributed by atoms with Crippen LogP contribution in [0, 0.1) is 0 Å². The number of aryl methyl sites for hydroxylation is 1. The molecular weight excluding hydrogens is 280 g/mol. The van der Waals surface area contributed by atoms with Gasteiger partial charge in [0.2, 0.25) is 0 Å². The number of aromatic nitrogens is 1. The Balaban J connectivity index is 2.42. The fourth-order valence-electron chi connectivity index (χ4n) is 1.82. The van der Waals surface area contributed by atoms with Crippen molar-refractivity contribution >= 4 is 16.0 Å². The summed E-state index contributed by atoms with van der Waals surface area (Å²) in [5.74, 6) is -1.14. The molecule has 0 spiro atoms. The van der Waals surface area contributed by atoms with Crippen LogP contribution in [0.2, 0.25) is 0 Å². The highest BCUT2D eigenvalue weighted by molar-refractivity contribution is 7.92. The zero-order valence-electron chi connectivity index (χ0n) is 10.8. The third-order valence-corrected chi connectivity index (χ3v) is 4.16. The largest absolute Gasteiger partial charge is 0.478 e. The molecule has 1 heterocycles. The number of sulfonamides is 1. The number of nitrogens with zero attached hydrogens (tertiary/aromatic N) is 1. The lowest BCUT2D eigenvalue weighted by Gasteiger charge is -2.11. The fraction of sp³-hybridized carbons (Fsp3) is 0.154. The third-order valence-electron chi connectivity index (χ3n) is 2.83. The highest BCUT2D eigenvalue weighted by atomic mass is 32.2. The first-order valence-electron chi connectivity index (χ1n) is 5.96. The van der Waals surface area contributed by atoms with Crippen LogP contribution in [0.1, 0.15) is 22.8 Å². The highest BCUT2D eigenvalue weighted by Crippen LogP contribution is 2.17. The summed E-state index contributed by atoms with van der Waals surface area (Å²) < 4.78 is 25.6. The van der Waals surface area contributed by atoms with Gasteiger partial charge in [-0.25, -0.2) is 9.63 Å². The molecule has 0 aliphatic heterocycles. The predicted molar refractivity (Wildman–Crippen MR) is 73.8 cm³/mol. The maximum absolute atomic E-state index is 12.1. The maximum atomic E-state index is 12.1. The van der Waals surface area contributed by atoms with E-state index in [2.05, 4.69) is 4.83 Å². The zero-order chi connectivity index (χ0) is 14.8. The van der Waals surface area contributed by atoms with E-state index in [-0.39, 0.29) is 10.5 Å². The van der Waals surface area contributed by atoms with Crippen molar-refractivity contribution in [1.82, 2.24) is 4.68 Å². The molecule has 1 aromatic carbocycles. The Bertz CT molecular complexity index is 721. The number of carboxylic acids is 1. The van der Waals surface area contributed by atoms with Crippen molar-refractivity contribution in [1.29, 1.82) is 0 Å². The molecule has 2 N–H and O–H groups in total. The lowest BCUT2D eigenvalue weighted by Crippen LogP contribution is -2.22. The third kappa shape index (κ3) is 2.83. The summed E-state index contributed by atoms with van der Waals surface area (Å²) in [7, 11) is -3.81. The second kappa shape index (κ2) is 5.38. The molecule has 0 bridgehead atoms. The monoisotopic (exact) mass is 294 g/mol. The molecular formula is C13H14N2O4S. The van der Waals surface area contributed by atoms with Crippen LogP contribution in [0.3, 0.4) is 0 Å². The summed E-state index contributed by atoms with van der Waals surface area (Å²) in [4.78, 5) is 13.4. The van der Waals surface area contributed by atoms with E-state index in [1.165, 1.54) is 35.3 Å². The van der Waals surface area contributed by atoms with E-state index in [0.717, 1.165) is 0 Å². The van der Waals surface area contributed by atoms with Gasteiger partial charge in [-0.15, -0.1) is 0 Å². The van der Waals surface area contributed by atoms with Crippen molar-refractivity contribution in [2.24, 2.45) is 0 Å². The number of carboxylic acid groups (broad SMARTS) is 1. The fourth-order valence-corrected chi connectivity index (χ4v) is 2.84. The molecule has 0 saturated carbocycles. The molecule has 0 fully saturated rings. The number of carbonyl (C=O) groups is 1. The van der Waals surface area contributed by atoms with E-state index in [1.807, 2.05) is 6.92 Å². The number of hydrogen-bond donors (Lipinski definition) is 2. The molecule has 6 nitrogen and oxygen atoms in total. The average molecular weight is 294 g/mol. The van der Waals surface area contributed by atoms with Gasteiger partial charge in [-0.05, 0) is 36.2 Å². The van der Waals surface area contributed by atoms with E-state index in [4.69, 9.17) is 5.11 Å². The molecule has 106 valence electrons. The summed E-state index contributed by atoms with van der Waals surface area (Å²) in [6.45, 7) is 1.81. The summed E-state index contributed by atoms with van der Waals surface area (Å²) in [5.41, 5.74) is 0.597. The Morgan fingerprint density at radius 2 is 1.95 bits per heavy atom. The van der Waals surface area contributed by atoms with E-state index < -0.39 is 16.0 Å². The molecule has 1 aromatic heterocycles. The number of rotatable bonds is 5. The first-order valence-corrected chi connectivity index (χ1v) is 7.44. The van der Waals surface area contributed by atoms with Crippen LogP contribution in [0.25, 0.3) is 0 Å². The molecule has 0 saturated heterocycles. The first-order chi connectivity index (χ1) is 9.44. The smallest absolute Gasteiger partial charge is 0.336 e. The number of nitrogens with one attached hydrogen (secondary N) is 1. The van der Waals surface area contributed by atoms with Gasteiger partial charge >= 0.3 is 5.97 Å². The van der Waals surface area contributed by atoms with Crippen LogP contribution in [0.4, 0.5) is 0 Å². The van der Waals surface area contributed by atoms with Crippen molar-refractivity contribution < 1.29 is 18.3 Å². The Morgan fingerprint density at radius 1 is 1.30 bits per heavy atom. The SMILES string of the molecule is CCc1ccc(S(=O)(=O)Nn2cccc2)cc1C(=O)O. The second-order valence-electron chi connectivity index (χ2n) is 4.16. The van der Waals surface area contributed by atoms with Gasteiger partial charge in [0.15, 0.2) is 0 Å². The van der Waals surface area contributed by atoms with Crippen LogP contribution in [0.15, 0.2) is 47.6 Å². The standard InChI is InChI=1S/C13H14N2O4S/c1-2-10-5-6-11(9-12(10)13(16)17)20(18,19)14-15-7-3-4-8-15/h3-9,14H,2H2,1H3,(H,16,17). The van der Waals surface area contributed by atoms with Gasteiger partial charge in [0.05, 0.1) is 10.5 Å². The minimum atomic E-state index is -3.81. The Labute approximate surface area is 116 Å². The minimum absolute atomic E-state index is 0.00267. The maximum Gasteiger partial charge on any atom is 0.336 e. The van der Waals surface area contributed by atoms with Gasteiger partial charge in [0, 0.05) is 12.4 Å². The summed E-state index contributed by atoms with van der Waals surface area (Å²) in [6, 6.07) is 7.44. The summed E-state index contributed by atoms with van der Waals surface area (Å²) in [5, 5.41) is 9.12. The minimum Gasteiger partial charge on any atom is -0.478 e. The van der Waals surface area contributed by atoms with Crippen molar-refractivity contribution in [3.63, 3.8) is 0 Å². The molecule has 2 rings (SSSR count). The zero-order valence-corrected chi connectivity index (χ0v) is 11.6. The van der Waals surface area contributed by atoms with Gasteiger partial charge in [0.25, 0.3) is 10.0 Å². The number of hydrogen-bond acceptors (Lipinski definition) is 3. The van der Waals surface area contributed by atoms with Gasteiger partial charge in [-0.2, -0.15) is 8.42 Å². The predicted octanol–water partition coefficient (Wildman–Crippen LogP) is 1.68. The topological polar surface area (TPSA) is 88.4 Å². The van der Waals surface area contributed by atoms with E-state index in [1.54, 1.807) is 12.1 Å². The van der Waals surface area contributed by atoms with Gasteiger partial charge in [-0.1, -0.05) is 13.0 Å². The van der Waals surface area contributed by atoms with E-state index in [0.29, 0.717) is 12.0 Å². The lowest BCUT2D eigenvalue weighted by atomic mass is 10.1. The highest BCUT2D eigenvalue weighted by Gasteiger charge is 2.18. The Hall–Kier alpha value is -2.28. The number of benzene rings is 1. The number of aromatic carboxylic acids is 1. The molecule has 0 amide bonds. The van der Waals surface area contributed by atoms with Gasteiger partial charge in [-0.3, -0.25) is 4.68 Å².